The van der Waals surface area contributed by atoms with E-state index in [4.69, 9.17) is 0 Å². The summed E-state index contributed by atoms with van der Waals surface area (Å²) < 4.78 is 2.21. The van der Waals surface area contributed by atoms with Gasteiger partial charge in [-0.3, -0.25) is 4.79 Å². The summed E-state index contributed by atoms with van der Waals surface area (Å²) in [6.45, 7) is 7.52. The molecule has 1 heterocycles. The molecule has 0 amide bonds. The number of rotatable bonds is 3. The molecule has 0 aliphatic heterocycles. The average Bonchev–Trinajstić information content (AvgIpc) is 2.98. The number of carbonyl (C=O) groups is 1. The standard InChI is InChI=1S/C24H23NO/c1-24(2,3)16-25-15-21(20-10-6-7-11-22(20)25)23(26)19-13-12-17-8-4-5-9-18(17)14-19/h4-15H,16H2,1-3H3. The van der Waals surface area contributed by atoms with Crippen molar-refractivity contribution in [2.45, 2.75) is 27.3 Å². The van der Waals surface area contributed by atoms with Crippen LogP contribution < -0.4 is 0 Å². The third-order valence-electron chi connectivity index (χ3n) is 4.69. The minimum atomic E-state index is 0.0830. The van der Waals surface area contributed by atoms with Gasteiger partial charge in [0.25, 0.3) is 0 Å². The highest BCUT2D eigenvalue weighted by Gasteiger charge is 2.19. The third-order valence-corrected chi connectivity index (χ3v) is 4.69. The van der Waals surface area contributed by atoms with Crippen LogP contribution in [0.3, 0.4) is 0 Å². The Balaban J connectivity index is 1.83. The topological polar surface area (TPSA) is 22.0 Å². The summed E-state index contributed by atoms with van der Waals surface area (Å²) in [5, 5.41) is 3.27. The maximum Gasteiger partial charge on any atom is 0.195 e. The van der Waals surface area contributed by atoms with E-state index in [0.29, 0.717) is 0 Å². The third kappa shape index (κ3) is 3.03. The van der Waals surface area contributed by atoms with Crippen LogP contribution in [0.2, 0.25) is 0 Å². The van der Waals surface area contributed by atoms with Gasteiger partial charge in [-0.15, -0.1) is 0 Å². The Morgan fingerprint density at radius 2 is 1.58 bits per heavy atom. The molecule has 4 rings (SSSR count). The van der Waals surface area contributed by atoms with Gasteiger partial charge in [0.2, 0.25) is 0 Å². The molecule has 3 aromatic carbocycles. The predicted molar refractivity (Wildman–Crippen MR) is 109 cm³/mol. The van der Waals surface area contributed by atoms with Crippen LogP contribution in [-0.4, -0.2) is 10.4 Å². The summed E-state index contributed by atoms with van der Waals surface area (Å²) >= 11 is 0. The van der Waals surface area contributed by atoms with E-state index in [1.807, 2.05) is 54.7 Å². The summed E-state index contributed by atoms with van der Waals surface area (Å²) in [6, 6.07) is 22.3. The van der Waals surface area contributed by atoms with E-state index >= 15 is 0 Å². The molecule has 2 heteroatoms. The SMILES string of the molecule is CC(C)(C)Cn1cc(C(=O)c2ccc3ccccc3c2)c2ccccc21. The second-order valence-corrected chi connectivity index (χ2v) is 8.14. The van der Waals surface area contributed by atoms with Crippen LogP contribution in [0.25, 0.3) is 21.7 Å². The second kappa shape index (κ2) is 6.14. The highest BCUT2D eigenvalue weighted by molar-refractivity contribution is 6.17. The number of hydrogen-bond acceptors (Lipinski definition) is 1. The van der Waals surface area contributed by atoms with Gasteiger partial charge in [-0.05, 0) is 28.3 Å². The lowest BCUT2D eigenvalue weighted by atomic mass is 9.97. The zero-order valence-electron chi connectivity index (χ0n) is 15.5. The van der Waals surface area contributed by atoms with Gasteiger partial charge in [0, 0.05) is 34.8 Å². The molecular weight excluding hydrogens is 318 g/mol. The largest absolute Gasteiger partial charge is 0.346 e. The van der Waals surface area contributed by atoms with Crippen molar-refractivity contribution < 1.29 is 4.79 Å². The quantitative estimate of drug-likeness (QED) is 0.414. The van der Waals surface area contributed by atoms with Crippen molar-refractivity contribution in [3.05, 3.63) is 84.1 Å². The van der Waals surface area contributed by atoms with Crippen molar-refractivity contribution in [1.29, 1.82) is 0 Å². The maximum atomic E-state index is 13.3. The summed E-state index contributed by atoms with van der Waals surface area (Å²) in [7, 11) is 0. The fraction of sp³-hybridized carbons (Fsp3) is 0.208. The molecule has 1 aromatic heterocycles. The number of nitrogens with zero attached hydrogens (tertiary/aromatic N) is 1. The number of para-hydroxylation sites is 1. The molecule has 0 bridgehead atoms. The molecule has 4 aromatic rings. The zero-order chi connectivity index (χ0) is 18.3. The van der Waals surface area contributed by atoms with Crippen LogP contribution in [0, 0.1) is 5.41 Å². The molecule has 0 N–H and O–H groups in total. The van der Waals surface area contributed by atoms with E-state index in [1.165, 1.54) is 0 Å². The fourth-order valence-corrected chi connectivity index (χ4v) is 3.56. The van der Waals surface area contributed by atoms with E-state index in [2.05, 4.69) is 43.5 Å². The van der Waals surface area contributed by atoms with Gasteiger partial charge in [0.05, 0.1) is 0 Å². The van der Waals surface area contributed by atoms with Crippen LogP contribution in [0.5, 0.6) is 0 Å². The number of carbonyl (C=O) groups excluding carboxylic acids is 1. The molecule has 0 aliphatic carbocycles. The van der Waals surface area contributed by atoms with Gasteiger partial charge < -0.3 is 4.57 Å². The van der Waals surface area contributed by atoms with Gasteiger partial charge in [0.1, 0.15) is 0 Å². The van der Waals surface area contributed by atoms with Gasteiger partial charge in [0.15, 0.2) is 5.78 Å². The Morgan fingerprint density at radius 1 is 0.885 bits per heavy atom. The summed E-state index contributed by atoms with van der Waals surface area (Å²) in [6.07, 6.45) is 2.02. The van der Waals surface area contributed by atoms with Crippen molar-refractivity contribution in [3.8, 4) is 0 Å². The Labute approximate surface area is 154 Å². The Hall–Kier alpha value is -2.87. The van der Waals surface area contributed by atoms with Gasteiger partial charge in [-0.1, -0.05) is 75.4 Å². The smallest absolute Gasteiger partial charge is 0.195 e. The van der Waals surface area contributed by atoms with Crippen LogP contribution in [0.1, 0.15) is 36.7 Å². The first kappa shape index (κ1) is 16.6. The van der Waals surface area contributed by atoms with E-state index < -0.39 is 0 Å². The van der Waals surface area contributed by atoms with Crippen LogP contribution in [0.15, 0.2) is 72.9 Å². The Kier molecular flexibility index (Phi) is 3.91. The first-order chi connectivity index (χ1) is 12.4. The molecule has 0 saturated heterocycles. The van der Waals surface area contributed by atoms with E-state index in [9.17, 15) is 4.79 Å². The molecule has 2 nitrogen and oxygen atoms in total. The lowest BCUT2D eigenvalue weighted by Gasteiger charge is -2.19. The molecule has 0 fully saturated rings. The molecule has 130 valence electrons. The lowest BCUT2D eigenvalue weighted by Crippen LogP contribution is -2.14. The first-order valence-electron chi connectivity index (χ1n) is 9.04. The van der Waals surface area contributed by atoms with Gasteiger partial charge >= 0.3 is 0 Å². The lowest BCUT2D eigenvalue weighted by molar-refractivity contribution is 0.104. The number of fused-ring (bicyclic) bond motifs is 2. The van der Waals surface area contributed by atoms with E-state index in [0.717, 1.165) is 39.3 Å². The average molecular weight is 341 g/mol. The highest BCUT2D eigenvalue weighted by Crippen LogP contribution is 2.28. The minimum absolute atomic E-state index is 0.0830. The molecule has 0 spiro atoms. The van der Waals surface area contributed by atoms with E-state index in [1.54, 1.807) is 0 Å². The highest BCUT2D eigenvalue weighted by atomic mass is 16.1. The number of benzene rings is 3. The molecular formula is C24H23NO. The molecule has 26 heavy (non-hydrogen) atoms. The zero-order valence-corrected chi connectivity index (χ0v) is 15.5. The Bertz CT molecular complexity index is 1110. The molecule has 0 atom stereocenters. The summed E-state index contributed by atoms with van der Waals surface area (Å²) in [5.41, 5.74) is 2.78. The molecule has 0 radical (unpaired) electrons. The summed E-state index contributed by atoms with van der Waals surface area (Å²) in [5.74, 6) is 0.0830. The summed E-state index contributed by atoms with van der Waals surface area (Å²) in [4.78, 5) is 13.3. The molecule has 0 saturated carbocycles. The van der Waals surface area contributed by atoms with Crippen molar-refractivity contribution in [1.82, 2.24) is 4.57 Å². The maximum absolute atomic E-state index is 13.3. The van der Waals surface area contributed by atoms with Gasteiger partial charge in [-0.2, -0.15) is 0 Å². The fourth-order valence-electron chi connectivity index (χ4n) is 3.56. The Morgan fingerprint density at radius 3 is 2.35 bits per heavy atom. The second-order valence-electron chi connectivity index (χ2n) is 8.14. The van der Waals surface area contributed by atoms with Gasteiger partial charge in [-0.25, -0.2) is 0 Å². The number of hydrogen-bond donors (Lipinski definition) is 0. The predicted octanol–water partition coefficient (Wildman–Crippen LogP) is 6.07. The van der Waals surface area contributed by atoms with Crippen molar-refractivity contribution >= 4 is 27.5 Å². The van der Waals surface area contributed by atoms with Crippen LogP contribution in [-0.2, 0) is 6.54 Å². The van der Waals surface area contributed by atoms with Crippen molar-refractivity contribution in [3.63, 3.8) is 0 Å². The first-order valence-corrected chi connectivity index (χ1v) is 9.04. The van der Waals surface area contributed by atoms with Crippen molar-refractivity contribution in [2.24, 2.45) is 5.41 Å². The number of aromatic nitrogens is 1. The monoisotopic (exact) mass is 341 g/mol. The van der Waals surface area contributed by atoms with Crippen LogP contribution in [0.4, 0.5) is 0 Å². The normalized spacial score (nSPS) is 12.0. The van der Waals surface area contributed by atoms with Crippen LogP contribution >= 0.6 is 0 Å². The number of ketones is 1. The minimum Gasteiger partial charge on any atom is -0.346 e. The molecule has 0 unspecified atom stereocenters. The van der Waals surface area contributed by atoms with Crippen molar-refractivity contribution in [2.75, 3.05) is 0 Å². The van der Waals surface area contributed by atoms with E-state index in [-0.39, 0.29) is 11.2 Å². The molecule has 0 aliphatic rings.